The minimum absolute atomic E-state index is 0. The summed E-state index contributed by atoms with van der Waals surface area (Å²) in [6.07, 6.45) is -7.41. The van der Waals surface area contributed by atoms with E-state index in [-0.39, 0.29) is 18.6 Å². The highest BCUT2D eigenvalue weighted by Crippen LogP contribution is 2.37. The maximum atomic E-state index is 13.8. The van der Waals surface area contributed by atoms with E-state index >= 15 is 0 Å². The third-order valence-electron chi connectivity index (χ3n) is 10.2. The summed E-state index contributed by atoms with van der Waals surface area (Å²) in [5.41, 5.74) is 0.396. The molecule has 0 radical (unpaired) electrons. The van der Waals surface area contributed by atoms with Crippen molar-refractivity contribution in [2.75, 3.05) is 26.3 Å². The van der Waals surface area contributed by atoms with Gasteiger partial charge in [0.15, 0.2) is 0 Å². The predicted octanol–water partition coefficient (Wildman–Crippen LogP) is 8.37. The first-order valence-electron chi connectivity index (χ1n) is 19.9. The fraction of sp³-hybridized carbons (Fsp3) is 0.348. The number of alkyl halides is 6. The van der Waals surface area contributed by atoms with Crippen molar-refractivity contribution < 1.29 is 60.4 Å². The number of H-pyrrole nitrogens is 2. The van der Waals surface area contributed by atoms with E-state index in [1.165, 1.54) is 24.3 Å². The van der Waals surface area contributed by atoms with Crippen LogP contribution in [0, 0.1) is 0 Å². The number of ether oxygens (including phenoxy) is 4. The topological polar surface area (TPSA) is 158 Å². The van der Waals surface area contributed by atoms with E-state index in [1.807, 2.05) is 88.6 Å². The standard InChI is InChI=1S/C46H48F6N4O6.H2O/c1-43(2,21-29-23-53-37-17-9-5-13-33(29)37)55-25-31(27-59-39-19-11-7-15-35(39)45(47,48)49)61-41(57)42(58)62-32(28-60-40-20-12-8-16-36(40)46(50,51)52)26-56-44(3,4)22-30-24-54-38-18-10-6-14-34(30)38;/h5-20,23-24,31-32,53-56H,21-22,25-28H2,1-4H3;1H2. The summed E-state index contributed by atoms with van der Waals surface area (Å²) >= 11 is 0. The lowest BCUT2D eigenvalue weighted by molar-refractivity contribution is -0.175. The summed E-state index contributed by atoms with van der Waals surface area (Å²) in [5, 5.41) is 8.55. The Morgan fingerprint density at radius 2 is 0.905 bits per heavy atom. The molecule has 11 nitrogen and oxygen atoms in total. The van der Waals surface area contributed by atoms with Crippen LogP contribution in [-0.4, -0.2) is 77.0 Å². The molecule has 0 aliphatic carbocycles. The lowest BCUT2D eigenvalue weighted by atomic mass is 9.94. The van der Waals surface area contributed by atoms with Gasteiger partial charge in [-0.2, -0.15) is 26.3 Å². The minimum atomic E-state index is -4.75. The maximum Gasteiger partial charge on any atom is 0.419 e. The molecule has 0 spiro atoms. The Kier molecular flexibility index (Phi) is 15.2. The van der Waals surface area contributed by atoms with Crippen molar-refractivity contribution in [3.05, 3.63) is 132 Å². The molecule has 4 aromatic carbocycles. The van der Waals surface area contributed by atoms with Crippen LogP contribution in [0.25, 0.3) is 21.8 Å². The molecule has 2 unspecified atom stereocenters. The van der Waals surface area contributed by atoms with Gasteiger partial charge in [-0.3, -0.25) is 0 Å². The Hall–Kier alpha value is -6.04. The first kappa shape index (κ1) is 48.0. The predicted molar refractivity (Wildman–Crippen MR) is 225 cm³/mol. The lowest BCUT2D eigenvalue weighted by Gasteiger charge is -2.30. The molecule has 63 heavy (non-hydrogen) atoms. The number of para-hydroxylation sites is 4. The normalized spacial score (nSPS) is 13.3. The molecular weight excluding hydrogens is 835 g/mol. The van der Waals surface area contributed by atoms with Crippen LogP contribution in [0.1, 0.15) is 49.9 Å². The summed E-state index contributed by atoms with van der Waals surface area (Å²) in [4.78, 5) is 33.4. The van der Waals surface area contributed by atoms with Crippen molar-refractivity contribution in [3.8, 4) is 11.5 Å². The van der Waals surface area contributed by atoms with E-state index in [1.54, 1.807) is 0 Å². The van der Waals surface area contributed by atoms with E-state index in [9.17, 15) is 35.9 Å². The summed E-state index contributed by atoms with van der Waals surface area (Å²) in [5.74, 6) is -4.03. The van der Waals surface area contributed by atoms with E-state index in [0.717, 1.165) is 57.2 Å². The van der Waals surface area contributed by atoms with E-state index in [4.69, 9.17) is 18.9 Å². The monoisotopic (exact) mass is 884 g/mol. The second kappa shape index (κ2) is 20.0. The van der Waals surface area contributed by atoms with Crippen LogP contribution < -0.4 is 20.1 Å². The van der Waals surface area contributed by atoms with Gasteiger partial charge in [-0.25, -0.2) is 9.59 Å². The maximum absolute atomic E-state index is 13.8. The van der Waals surface area contributed by atoms with Crippen molar-refractivity contribution in [2.24, 2.45) is 0 Å². The average molecular weight is 885 g/mol. The van der Waals surface area contributed by atoms with Crippen molar-refractivity contribution in [2.45, 2.75) is 76.2 Å². The third-order valence-corrected chi connectivity index (χ3v) is 10.2. The second-order valence-corrected chi connectivity index (χ2v) is 16.3. The average Bonchev–Trinajstić information content (AvgIpc) is 3.82. The van der Waals surface area contributed by atoms with E-state index in [2.05, 4.69) is 20.6 Å². The van der Waals surface area contributed by atoms with Crippen LogP contribution in [0.3, 0.4) is 0 Å². The van der Waals surface area contributed by atoms with Gasteiger partial charge >= 0.3 is 24.3 Å². The molecule has 338 valence electrons. The number of aromatic nitrogens is 2. The molecule has 0 aliphatic heterocycles. The van der Waals surface area contributed by atoms with Gasteiger partial charge in [-0.1, -0.05) is 60.7 Å². The van der Waals surface area contributed by atoms with Crippen molar-refractivity contribution in [3.63, 3.8) is 0 Å². The van der Waals surface area contributed by atoms with Crippen molar-refractivity contribution >= 4 is 33.7 Å². The van der Waals surface area contributed by atoms with Crippen LogP contribution in [-0.2, 0) is 44.3 Å². The Morgan fingerprint density at radius 1 is 0.556 bits per heavy atom. The quantitative estimate of drug-likeness (QED) is 0.0381. The summed E-state index contributed by atoms with van der Waals surface area (Å²) in [6, 6.07) is 24.5. The molecule has 6 aromatic rings. The molecule has 0 fully saturated rings. The van der Waals surface area contributed by atoms with Crippen LogP contribution in [0.2, 0.25) is 0 Å². The Bertz CT molecular complexity index is 2290. The molecule has 2 heterocycles. The molecule has 0 amide bonds. The van der Waals surface area contributed by atoms with Gasteiger partial charge in [0.05, 0.1) is 11.1 Å². The molecule has 17 heteroatoms. The minimum Gasteiger partial charge on any atom is -0.489 e. The SMILES string of the molecule is CC(C)(Cc1c[nH]c2ccccc12)NCC(COc1ccccc1C(F)(F)F)OC(=O)C(=O)OC(CNC(C)(C)Cc1c[nH]c2ccccc12)COc1ccccc1C(F)(F)F.O. The van der Waals surface area contributed by atoms with Gasteiger partial charge in [0.1, 0.15) is 36.9 Å². The zero-order valence-electron chi connectivity index (χ0n) is 35.0. The Morgan fingerprint density at radius 3 is 1.29 bits per heavy atom. The highest BCUT2D eigenvalue weighted by molar-refractivity contribution is 6.29. The van der Waals surface area contributed by atoms with Crippen LogP contribution in [0.4, 0.5) is 26.3 Å². The van der Waals surface area contributed by atoms with Gasteiger partial charge in [0, 0.05) is 58.4 Å². The van der Waals surface area contributed by atoms with E-state index in [0.29, 0.717) is 12.8 Å². The van der Waals surface area contributed by atoms with Gasteiger partial charge in [0.2, 0.25) is 0 Å². The molecular formula is C46H50F6N4O7. The number of esters is 2. The van der Waals surface area contributed by atoms with Crippen molar-refractivity contribution in [1.29, 1.82) is 0 Å². The Balaban J connectivity index is 0.00000748. The summed E-state index contributed by atoms with van der Waals surface area (Å²) in [7, 11) is 0. The van der Waals surface area contributed by atoms with Crippen LogP contribution in [0.5, 0.6) is 11.5 Å². The smallest absolute Gasteiger partial charge is 0.419 e. The number of halogens is 6. The largest absolute Gasteiger partial charge is 0.489 e. The first-order chi connectivity index (χ1) is 29.3. The number of carbonyl (C=O) groups excluding carboxylic acids is 2. The summed E-state index contributed by atoms with van der Waals surface area (Å²) in [6.45, 7) is 6.04. The number of nitrogens with one attached hydrogen (secondary N) is 4. The number of fused-ring (bicyclic) bond motifs is 2. The highest BCUT2D eigenvalue weighted by atomic mass is 19.4. The number of hydrogen-bond donors (Lipinski definition) is 4. The fourth-order valence-corrected chi connectivity index (χ4v) is 7.10. The zero-order chi connectivity index (χ0) is 44.7. The number of aromatic amines is 2. The summed E-state index contributed by atoms with van der Waals surface area (Å²) < 4.78 is 105. The zero-order valence-corrected chi connectivity index (χ0v) is 35.0. The molecule has 0 bridgehead atoms. The number of hydrogen-bond acceptors (Lipinski definition) is 8. The molecule has 2 aromatic heterocycles. The second-order valence-electron chi connectivity index (χ2n) is 16.3. The molecule has 0 aliphatic rings. The number of benzene rings is 4. The molecule has 0 saturated heterocycles. The van der Waals surface area contributed by atoms with Crippen LogP contribution >= 0.6 is 0 Å². The molecule has 0 saturated carbocycles. The Labute approximate surface area is 359 Å². The molecule has 6 rings (SSSR count). The molecule has 6 N–H and O–H groups in total. The first-order valence-corrected chi connectivity index (χ1v) is 19.9. The number of carbonyl (C=O) groups is 2. The van der Waals surface area contributed by atoms with Crippen LogP contribution in [0.15, 0.2) is 109 Å². The molecule has 2 atom stereocenters. The fourth-order valence-electron chi connectivity index (χ4n) is 7.10. The van der Waals surface area contributed by atoms with Crippen molar-refractivity contribution in [1.82, 2.24) is 20.6 Å². The highest BCUT2D eigenvalue weighted by Gasteiger charge is 2.36. The van der Waals surface area contributed by atoms with Gasteiger partial charge < -0.3 is 45.0 Å². The van der Waals surface area contributed by atoms with Gasteiger partial charge in [-0.15, -0.1) is 0 Å². The third kappa shape index (κ3) is 13.0. The van der Waals surface area contributed by atoms with Gasteiger partial charge in [-0.05, 0) is 88.1 Å². The lowest BCUT2D eigenvalue weighted by Crippen LogP contribution is -2.49. The van der Waals surface area contributed by atoms with E-state index < -0.39 is 83.4 Å². The number of rotatable bonds is 18. The van der Waals surface area contributed by atoms with Gasteiger partial charge in [0.25, 0.3) is 0 Å².